The van der Waals surface area contributed by atoms with Crippen LogP contribution in [0.15, 0.2) is 133 Å². The minimum Gasteiger partial charge on any atom is -0.508 e. The summed E-state index contributed by atoms with van der Waals surface area (Å²) in [7, 11) is 4.50. The number of benzene rings is 5. The van der Waals surface area contributed by atoms with Gasteiger partial charge in [0.15, 0.2) is 0 Å². The molecule has 14 nitrogen and oxygen atoms in total. The molecule has 65 heavy (non-hydrogen) atoms. The summed E-state index contributed by atoms with van der Waals surface area (Å²) in [5, 5.41) is 39.6. The fourth-order valence-corrected chi connectivity index (χ4v) is 6.93. The van der Waals surface area contributed by atoms with Crippen molar-refractivity contribution in [2.45, 2.75) is 39.3 Å². The Hall–Kier alpha value is -6.23. The molecule has 0 aromatic heterocycles. The molecule has 2 aliphatic heterocycles. The van der Waals surface area contributed by atoms with Crippen molar-refractivity contribution in [1.29, 1.82) is 0 Å². The van der Waals surface area contributed by atoms with E-state index in [4.69, 9.17) is 26.8 Å². The molecule has 0 saturated carbocycles. The lowest BCUT2D eigenvalue weighted by molar-refractivity contribution is -0.138. The average Bonchev–Trinajstić information content (AvgIpc) is 3.31. The highest BCUT2D eigenvalue weighted by atomic mass is 16.4. The van der Waals surface area contributed by atoms with Crippen LogP contribution in [0.3, 0.4) is 0 Å². The van der Waals surface area contributed by atoms with Gasteiger partial charge in [0.1, 0.15) is 17.2 Å². The van der Waals surface area contributed by atoms with E-state index in [1.165, 1.54) is 24.0 Å². The second-order valence-electron chi connectivity index (χ2n) is 15.3. The summed E-state index contributed by atoms with van der Waals surface area (Å²) in [5.41, 5.74) is 15.1. The summed E-state index contributed by atoms with van der Waals surface area (Å²) >= 11 is 0. The van der Waals surface area contributed by atoms with Gasteiger partial charge in [0.05, 0.1) is 27.4 Å². The van der Waals surface area contributed by atoms with Gasteiger partial charge in [-0.15, -0.1) is 0 Å². The van der Waals surface area contributed by atoms with Gasteiger partial charge < -0.3 is 37.2 Å². The largest absolute Gasteiger partial charge is 0.508 e. The molecule has 7 rings (SSSR count). The van der Waals surface area contributed by atoms with E-state index in [0.717, 1.165) is 76.6 Å². The first kappa shape index (κ1) is 53.1. The predicted molar refractivity (Wildman–Crippen MR) is 257 cm³/mol. The molecule has 2 saturated heterocycles. The maximum absolute atomic E-state index is 12.1. The van der Waals surface area contributed by atoms with Gasteiger partial charge in [0.2, 0.25) is 11.8 Å². The van der Waals surface area contributed by atoms with Gasteiger partial charge in [-0.2, -0.15) is 0 Å². The fraction of sp³-hybridized carbons (Fsp3) is 0.340. The number of nitrogens with zero attached hydrogens (tertiary/aromatic N) is 4. The van der Waals surface area contributed by atoms with E-state index >= 15 is 0 Å². The molecular formula is C50H66BN7O7. The van der Waals surface area contributed by atoms with Crippen LogP contribution in [0.4, 0.5) is 0 Å². The quantitative estimate of drug-likeness (QED) is 0.0783. The zero-order valence-electron chi connectivity index (χ0n) is 37.5. The Morgan fingerprint density at radius 2 is 0.908 bits per heavy atom. The third-order valence-corrected chi connectivity index (χ3v) is 10.4. The number of carboxylic acids is 1. The number of primary amides is 1. The molecule has 15 heteroatoms. The molecule has 2 aliphatic rings. The minimum absolute atomic E-state index is 0.0527. The molecule has 9 N–H and O–H groups in total. The first-order valence-electron chi connectivity index (χ1n) is 21.8. The number of para-hydroxylation sites is 3. The molecule has 2 heterocycles. The van der Waals surface area contributed by atoms with Crippen molar-refractivity contribution in [3.8, 4) is 17.2 Å². The molecule has 0 atom stereocenters. The van der Waals surface area contributed by atoms with Crippen LogP contribution < -0.4 is 16.8 Å². The number of piperazine rings is 2. The van der Waals surface area contributed by atoms with Crippen LogP contribution in [0.5, 0.6) is 17.2 Å². The normalized spacial score (nSPS) is 14.0. The summed E-state index contributed by atoms with van der Waals surface area (Å²) in [6.07, 6.45) is 0.732. The number of phenolic OH excluding ortho intramolecular Hbond substituents is 3. The van der Waals surface area contributed by atoms with Crippen LogP contribution in [0.1, 0.15) is 27.8 Å². The summed E-state index contributed by atoms with van der Waals surface area (Å²) in [6, 6.07) is 41.8. The summed E-state index contributed by atoms with van der Waals surface area (Å²) in [4.78, 5) is 42.1. The molecule has 5 aromatic carbocycles. The number of rotatable bonds is 14. The standard InChI is InChI=1S/C21H27N3O2.C13H18N2O2.C8H9NO2.C7H9NO.CH3B/c25-20-9-5-4-8-19(20)10-11-22-21(26)17-24-14-12-23(13-15-24)16-18-6-2-1-3-7-18;16-13(17)11-15-8-6-14(7-9-15)10-12-4-2-1-3-5-12;9-8(11)5-6-3-1-2-4-7(6)10;8-5-6-3-1-2-4-7(6)9;1-2/h1-9,25H,10-17H2,(H,22,26);1-5H,6-11H2,(H,16,17);1-4,10H,5H2,(H2,9,11);1-4,9H,5,8H2;1H3. The van der Waals surface area contributed by atoms with Crippen LogP contribution in [-0.2, 0) is 46.9 Å². The van der Waals surface area contributed by atoms with Gasteiger partial charge in [0, 0.05) is 89.7 Å². The van der Waals surface area contributed by atoms with Gasteiger partial charge in [-0.25, -0.2) is 0 Å². The molecule has 2 fully saturated rings. The lowest BCUT2D eigenvalue weighted by Gasteiger charge is -2.34. The van der Waals surface area contributed by atoms with Crippen LogP contribution in [-0.4, -0.2) is 138 Å². The van der Waals surface area contributed by atoms with Crippen LogP contribution in [0.25, 0.3) is 0 Å². The van der Waals surface area contributed by atoms with Gasteiger partial charge in [0.25, 0.3) is 0 Å². The maximum Gasteiger partial charge on any atom is 0.317 e. The molecule has 0 aliphatic carbocycles. The molecule has 346 valence electrons. The Bertz CT molecular complexity index is 2100. The second-order valence-corrected chi connectivity index (χ2v) is 15.3. The van der Waals surface area contributed by atoms with E-state index in [9.17, 15) is 19.5 Å². The number of nitrogens with one attached hydrogen (secondary N) is 1. The molecule has 0 spiro atoms. The summed E-state index contributed by atoms with van der Waals surface area (Å²) in [5.74, 6) is -0.437. The monoisotopic (exact) mass is 888 g/mol. The topological polar surface area (TPSA) is 209 Å². The van der Waals surface area contributed by atoms with Crippen molar-refractivity contribution in [2.24, 2.45) is 11.5 Å². The first-order valence-corrected chi connectivity index (χ1v) is 21.8. The zero-order chi connectivity index (χ0) is 47.2. The number of nitrogens with two attached hydrogens (primary N) is 2. The van der Waals surface area contributed by atoms with Crippen LogP contribution >= 0.6 is 0 Å². The average molecular weight is 888 g/mol. The number of hydrogen-bond donors (Lipinski definition) is 7. The molecule has 5 aromatic rings. The number of carbonyl (C=O) groups excluding carboxylic acids is 2. The zero-order valence-corrected chi connectivity index (χ0v) is 37.5. The van der Waals surface area contributed by atoms with Crippen molar-refractivity contribution < 1.29 is 34.8 Å². The number of carbonyl (C=O) groups is 3. The lowest BCUT2D eigenvalue weighted by Crippen LogP contribution is -2.49. The van der Waals surface area contributed by atoms with E-state index < -0.39 is 11.9 Å². The number of carboxylic acid groups (broad SMARTS) is 1. The Morgan fingerprint density at radius 1 is 0.538 bits per heavy atom. The highest BCUT2D eigenvalue weighted by molar-refractivity contribution is 6.05. The van der Waals surface area contributed by atoms with Crippen molar-refractivity contribution >= 4 is 25.6 Å². The van der Waals surface area contributed by atoms with E-state index in [1.54, 1.807) is 48.5 Å². The van der Waals surface area contributed by atoms with E-state index in [2.05, 4.69) is 76.4 Å². The number of phenols is 3. The number of aromatic hydroxyl groups is 3. The van der Waals surface area contributed by atoms with E-state index in [1.807, 2.05) is 35.2 Å². The smallest absolute Gasteiger partial charge is 0.317 e. The highest BCUT2D eigenvalue weighted by Crippen LogP contribution is 2.17. The van der Waals surface area contributed by atoms with Crippen molar-refractivity contribution in [1.82, 2.24) is 24.9 Å². The van der Waals surface area contributed by atoms with Gasteiger partial charge in [-0.05, 0) is 41.3 Å². The van der Waals surface area contributed by atoms with Gasteiger partial charge >= 0.3 is 5.97 Å². The maximum atomic E-state index is 12.1. The highest BCUT2D eigenvalue weighted by Gasteiger charge is 2.20. The van der Waals surface area contributed by atoms with Crippen molar-refractivity contribution in [3.05, 3.63) is 161 Å². The summed E-state index contributed by atoms with van der Waals surface area (Å²) < 4.78 is 0. The molecule has 0 bridgehead atoms. The molecule has 2 radical (unpaired) electrons. The number of amides is 2. The third-order valence-electron chi connectivity index (χ3n) is 10.4. The van der Waals surface area contributed by atoms with E-state index in [0.29, 0.717) is 31.6 Å². The van der Waals surface area contributed by atoms with Gasteiger partial charge in [-0.1, -0.05) is 122 Å². The number of hydrogen-bond acceptors (Lipinski definition) is 11. The molecular weight excluding hydrogens is 821 g/mol. The van der Waals surface area contributed by atoms with Crippen molar-refractivity contribution in [2.75, 3.05) is 72.0 Å². The second kappa shape index (κ2) is 30.8. The van der Waals surface area contributed by atoms with Gasteiger partial charge in [-0.3, -0.25) is 34.0 Å². The molecule has 0 unspecified atom stereocenters. The first-order chi connectivity index (χ1) is 31.5. The number of aliphatic carboxylic acids is 1. The lowest BCUT2D eigenvalue weighted by atomic mass is 10.1. The minimum atomic E-state index is -0.735. The van der Waals surface area contributed by atoms with E-state index in [-0.39, 0.29) is 36.1 Å². The SMILES string of the molecule is NC(=O)Cc1ccccc1O.NCc1ccccc1O.O=C(CN1CCN(Cc2ccccc2)CC1)NCCc1ccccc1O.O=C(O)CN1CCN(Cc2ccccc2)CC1.[B]C. The van der Waals surface area contributed by atoms with Crippen LogP contribution in [0, 0.1) is 0 Å². The van der Waals surface area contributed by atoms with Crippen LogP contribution in [0.2, 0.25) is 6.82 Å². The Morgan fingerprint density at radius 3 is 1.29 bits per heavy atom. The predicted octanol–water partition coefficient (Wildman–Crippen LogP) is 4.23. The Balaban J connectivity index is 0.000000247. The summed E-state index contributed by atoms with van der Waals surface area (Å²) in [6.45, 7) is 12.4. The third kappa shape index (κ3) is 21.8. The Kier molecular flexibility index (Phi) is 25.2. The Labute approximate surface area is 385 Å². The fourth-order valence-electron chi connectivity index (χ4n) is 6.93. The molecule has 2 amide bonds. The van der Waals surface area contributed by atoms with Crippen molar-refractivity contribution in [3.63, 3.8) is 0 Å².